The Bertz CT molecular complexity index is 1070. The van der Waals surface area contributed by atoms with Crippen molar-refractivity contribution in [3.8, 4) is 11.5 Å². The molecule has 1 aliphatic carbocycles. The molecule has 2 N–H and O–H groups in total. The largest absolute Gasteiger partial charge is 0.504 e. The van der Waals surface area contributed by atoms with Crippen LogP contribution in [0.5, 0.6) is 11.5 Å². The number of carbonyl (C=O) groups excluding carboxylic acids is 2. The van der Waals surface area contributed by atoms with Crippen molar-refractivity contribution in [2.24, 2.45) is 0 Å². The highest BCUT2D eigenvalue weighted by Crippen LogP contribution is 2.44. The van der Waals surface area contributed by atoms with Crippen molar-refractivity contribution in [3.63, 3.8) is 0 Å². The molecule has 26 heavy (non-hydrogen) atoms. The van der Waals surface area contributed by atoms with Crippen LogP contribution in [-0.2, 0) is 0 Å². The van der Waals surface area contributed by atoms with Crippen LogP contribution in [0.1, 0.15) is 38.8 Å². The van der Waals surface area contributed by atoms with E-state index in [0.717, 1.165) is 0 Å². The van der Waals surface area contributed by atoms with Crippen LogP contribution in [0.2, 0.25) is 0 Å². The van der Waals surface area contributed by atoms with E-state index >= 15 is 0 Å². The molecule has 1 aromatic heterocycles. The summed E-state index contributed by atoms with van der Waals surface area (Å²) in [6.45, 7) is 1.34. The molecular formula is C20H15NO5. The number of hydrogen-bond acceptors (Lipinski definition) is 6. The number of fused-ring (bicyclic) bond motifs is 4. The zero-order valence-electron chi connectivity index (χ0n) is 13.9. The van der Waals surface area contributed by atoms with Crippen molar-refractivity contribution in [2.45, 2.75) is 13.0 Å². The minimum absolute atomic E-state index is 0.0126. The van der Waals surface area contributed by atoms with Gasteiger partial charge in [-0.3, -0.25) is 14.6 Å². The SMILES string of the molecule is CC(CO)Oc1c(O)c2c(c3cccnc13)C(=O)c1ccccc1C2=O. The van der Waals surface area contributed by atoms with Gasteiger partial charge in [-0.1, -0.05) is 30.3 Å². The quantitative estimate of drug-likeness (QED) is 0.590. The van der Waals surface area contributed by atoms with Crippen LogP contribution < -0.4 is 4.74 Å². The van der Waals surface area contributed by atoms with E-state index in [2.05, 4.69) is 4.98 Å². The fraction of sp³-hybridized carbons (Fsp3) is 0.150. The predicted octanol–water partition coefficient (Wildman–Crippen LogP) is 2.48. The first-order chi connectivity index (χ1) is 12.5. The average molecular weight is 349 g/mol. The molecule has 0 radical (unpaired) electrons. The van der Waals surface area contributed by atoms with Gasteiger partial charge in [-0.15, -0.1) is 0 Å². The fourth-order valence-corrected chi connectivity index (χ4v) is 3.22. The number of aliphatic hydroxyl groups is 1. The molecule has 0 aliphatic heterocycles. The third kappa shape index (κ3) is 2.19. The number of aromatic hydroxyl groups is 1. The van der Waals surface area contributed by atoms with Gasteiger partial charge in [0.05, 0.1) is 12.2 Å². The molecule has 0 bridgehead atoms. The number of rotatable bonds is 3. The second-order valence-corrected chi connectivity index (χ2v) is 6.14. The second-order valence-electron chi connectivity index (χ2n) is 6.14. The van der Waals surface area contributed by atoms with Gasteiger partial charge in [0, 0.05) is 28.3 Å². The highest BCUT2D eigenvalue weighted by Gasteiger charge is 2.36. The van der Waals surface area contributed by atoms with E-state index in [1.807, 2.05) is 0 Å². The van der Waals surface area contributed by atoms with Crippen LogP contribution in [0.3, 0.4) is 0 Å². The lowest BCUT2D eigenvalue weighted by Crippen LogP contribution is -2.23. The van der Waals surface area contributed by atoms with Gasteiger partial charge in [0.15, 0.2) is 23.1 Å². The fourth-order valence-electron chi connectivity index (χ4n) is 3.22. The number of pyridine rings is 1. The van der Waals surface area contributed by atoms with E-state index in [9.17, 15) is 19.8 Å². The van der Waals surface area contributed by atoms with Crippen LogP contribution in [0, 0.1) is 0 Å². The lowest BCUT2D eigenvalue weighted by molar-refractivity contribution is 0.0975. The molecule has 6 nitrogen and oxygen atoms in total. The smallest absolute Gasteiger partial charge is 0.198 e. The van der Waals surface area contributed by atoms with Crippen molar-refractivity contribution in [2.75, 3.05) is 6.61 Å². The molecular weight excluding hydrogens is 334 g/mol. The minimum atomic E-state index is -0.620. The zero-order chi connectivity index (χ0) is 18.4. The van der Waals surface area contributed by atoms with Gasteiger partial charge in [-0.05, 0) is 13.0 Å². The highest BCUT2D eigenvalue weighted by atomic mass is 16.5. The van der Waals surface area contributed by atoms with E-state index < -0.39 is 17.6 Å². The molecule has 4 rings (SSSR count). The molecule has 0 spiro atoms. The Labute approximate surface area is 148 Å². The lowest BCUT2D eigenvalue weighted by atomic mass is 9.81. The second kappa shape index (κ2) is 5.93. The van der Waals surface area contributed by atoms with Crippen molar-refractivity contribution in [1.29, 1.82) is 0 Å². The molecule has 0 saturated heterocycles. The van der Waals surface area contributed by atoms with Crippen LogP contribution in [0.15, 0.2) is 42.6 Å². The summed E-state index contributed by atoms with van der Waals surface area (Å²) in [4.78, 5) is 30.2. The van der Waals surface area contributed by atoms with Gasteiger partial charge in [-0.25, -0.2) is 0 Å². The molecule has 0 fully saturated rings. The van der Waals surface area contributed by atoms with Gasteiger partial charge < -0.3 is 14.9 Å². The molecule has 130 valence electrons. The molecule has 1 heterocycles. The van der Waals surface area contributed by atoms with Gasteiger partial charge in [0.2, 0.25) is 0 Å². The van der Waals surface area contributed by atoms with E-state index in [1.54, 1.807) is 43.3 Å². The number of nitrogens with zero attached hydrogens (tertiary/aromatic N) is 1. The maximum atomic E-state index is 13.0. The van der Waals surface area contributed by atoms with Crippen molar-refractivity contribution < 1.29 is 24.5 Å². The molecule has 0 amide bonds. The summed E-state index contributed by atoms with van der Waals surface area (Å²) in [6, 6.07) is 9.82. The minimum Gasteiger partial charge on any atom is -0.504 e. The Morgan fingerprint density at radius 2 is 1.69 bits per heavy atom. The Hall–Kier alpha value is -3.25. The number of phenols is 1. The lowest BCUT2D eigenvalue weighted by Gasteiger charge is -2.23. The molecule has 1 unspecified atom stereocenters. The third-order valence-corrected chi connectivity index (χ3v) is 4.44. The number of benzene rings is 2. The maximum absolute atomic E-state index is 13.0. The number of aromatic nitrogens is 1. The van der Waals surface area contributed by atoms with Crippen LogP contribution in [0.25, 0.3) is 10.9 Å². The summed E-state index contributed by atoms with van der Waals surface area (Å²) in [7, 11) is 0. The summed E-state index contributed by atoms with van der Waals surface area (Å²) >= 11 is 0. The maximum Gasteiger partial charge on any atom is 0.198 e. The topological polar surface area (TPSA) is 96.7 Å². The first-order valence-corrected chi connectivity index (χ1v) is 8.14. The van der Waals surface area contributed by atoms with E-state index in [-0.39, 0.29) is 40.3 Å². The number of ketones is 2. The summed E-state index contributed by atoms with van der Waals surface area (Å²) in [6.07, 6.45) is 0.888. The standard InChI is InChI=1S/C20H15NO5/c1-10(9-22)26-20-16-13(7-4-8-21-16)14-15(19(20)25)18(24)12-6-3-2-5-11(12)17(14)23/h2-8,10,22,25H,9H2,1H3. The number of hydrogen-bond donors (Lipinski definition) is 2. The molecule has 0 saturated carbocycles. The van der Waals surface area contributed by atoms with Crippen molar-refractivity contribution in [3.05, 3.63) is 64.8 Å². The molecule has 6 heteroatoms. The summed E-state index contributed by atoms with van der Waals surface area (Å²) < 4.78 is 5.62. The van der Waals surface area contributed by atoms with Gasteiger partial charge >= 0.3 is 0 Å². The normalized spacial score (nSPS) is 14.1. The van der Waals surface area contributed by atoms with Gasteiger partial charge in [-0.2, -0.15) is 0 Å². The van der Waals surface area contributed by atoms with Crippen LogP contribution in [-0.4, -0.2) is 39.5 Å². The van der Waals surface area contributed by atoms with Crippen LogP contribution in [0.4, 0.5) is 0 Å². The van der Waals surface area contributed by atoms with E-state index in [4.69, 9.17) is 4.74 Å². The van der Waals surface area contributed by atoms with Crippen LogP contribution >= 0.6 is 0 Å². The first-order valence-electron chi connectivity index (χ1n) is 8.14. The van der Waals surface area contributed by atoms with E-state index in [0.29, 0.717) is 10.9 Å². The predicted molar refractivity (Wildman–Crippen MR) is 93.9 cm³/mol. The Balaban J connectivity index is 2.09. The number of carbonyl (C=O) groups is 2. The highest BCUT2D eigenvalue weighted by molar-refractivity contribution is 6.33. The zero-order valence-corrected chi connectivity index (χ0v) is 13.9. The Morgan fingerprint density at radius 3 is 2.35 bits per heavy atom. The summed E-state index contributed by atoms with van der Waals surface area (Å²) in [5, 5.41) is 20.5. The monoisotopic (exact) mass is 349 g/mol. The van der Waals surface area contributed by atoms with Gasteiger partial charge in [0.25, 0.3) is 0 Å². The molecule has 2 aromatic carbocycles. The molecule has 1 aliphatic rings. The summed E-state index contributed by atoms with van der Waals surface area (Å²) in [5.74, 6) is -1.23. The number of aliphatic hydroxyl groups excluding tert-OH is 1. The Morgan fingerprint density at radius 1 is 1.04 bits per heavy atom. The number of phenolic OH excluding ortho intramolecular Hbond substituents is 1. The number of ether oxygens (including phenoxy) is 1. The van der Waals surface area contributed by atoms with Gasteiger partial charge in [0.1, 0.15) is 11.6 Å². The Kier molecular flexibility index (Phi) is 3.70. The van der Waals surface area contributed by atoms with E-state index in [1.165, 1.54) is 6.20 Å². The summed E-state index contributed by atoms with van der Waals surface area (Å²) in [5.41, 5.74) is 0.842. The first kappa shape index (κ1) is 16.2. The molecule has 3 aromatic rings. The van der Waals surface area contributed by atoms with Crippen molar-refractivity contribution in [1.82, 2.24) is 4.98 Å². The average Bonchev–Trinajstić information content (AvgIpc) is 2.67. The van der Waals surface area contributed by atoms with Crippen molar-refractivity contribution >= 4 is 22.5 Å². The molecule has 1 atom stereocenters. The third-order valence-electron chi connectivity index (χ3n) is 4.44.